The van der Waals surface area contributed by atoms with Crippen LogP contribution in [0.3, 0.4) is 0 Å². The van der Waals surface area contributed by atoms with Gasteiger partial charge in [0.1, 0.15) is 12.4 Å². The maximum absolute atomic E-state index is 12.6. The molecule has 1 fully saturated rings. The van der Waals surface area contributed by atoms with Crippen molar-refractivity contribution < 1.29 is 9.53 Å². The number of carbonyl (C=O) groups excluding carboxylic acids is 1. The Bertz CT molecular complexity index is 1160. The molecular formula is C25H28Cl2N4O2S. The lowest BCUT2D eigenvalue weighted by molar-refractivity contribution is -0.113. The molecule has 2 aromatic carbocycles. The molecule has 0 spiro atoms. The minimum atomic E-state index is -0.0944. The monoisotopic (exact) mass is 518 g/mol. The summed E-state index contributed by atoms with van der Waals surface area (Å²) < 4.78 is 8.19. The SMILES string of the molecule is Cc1cc(OCc2nnc(SCC(=O)Nc3ccc(Cl)cc3C)n2C2CCCCC2)ccc1Cl. The third kappa shape index (κ3) is 6.26. The molecule has 9 heteroatoms. The van der Waals surface area contributed by atoms with Gasteiger partial charge in [0, 0.05) is 21.8 Å². The lowest BCUT2D eigenvalue weighted by atomic mass is 9.95. The summed E-state index contributed by atoms with van der Waals surface area (Å²) in [6.07, 6.45) is 5.77. The minimum Gasteiger partial charge on any atom is -0.486 e. The zero-order valence-electron chi connectivity index (χ0n) is 19.3. The summed E-state index contributed by atoms with van der Waals surface area (Å²) in [5.41, 5.74) is 2.65. The third-order valence-corrected chi connectivity index (χ3v) is 7.57. The Balaban J connectivity index is 1.46. The van der Waals surface area contributed by atoms with Gasteiger partial charge < -0.3 is 10.1 Å². The number of ether oxygens (including phenoxy) is 1. The van der Waals surface area contributed by atoms with E-state index in [0.29, 0.717) is 22.7 Å². The summed E-state index contributed by atoms with van der Waals surface area (Å²) >= 11 is 13.6. The van der Waals surface area contributed by atoms with Crippen LogP contribution in [0.1, 0.15) is 55.1 Å². The Morgan fingerprint density at radius 2 is 1.88 bits per heavy atom. The van der Waals surface area contributed by atoms with Gasteiger partial charge in [-0.25, -0.2) is 0 Å². The van der Waals surface area contributed by atoms with Crippen LogP contribution in [-0.2, 0) is 11.4 Å². The summed E-state index contributed by atoms with van der Waals surface area (Å²) in [6, 6.07) is 11.3. The van der Waals surface area contributed by atoms with E-state index in [1.807, 2.05) is 44.2 Å². The van der Waals surface area contributed by atoms with Crippen molar-refractivity contribution in [3.05, 3.63) is 63.4 Å². The molecule has 1 aliphatic rings. The molecule has 34 heavy (non-hydrogen) atoms. The number of anilines is 1. The summed E-state index contributed by atoms with van der Waals surface area (Å²) in [5, 5.41) is 13.9. The van der Waals surface area contributed by atoms with Crippen molar-refractivity contribution in [2.75, 3.05) is 11.1 Å². The number of thioether (sulfide) groups is 1. The first-order valence-electron chi connectivity index (χ1n) is 11.4. The molecule has 0 bridgehead atoms. The van der Waals surface area contributed by atoms with E-state index in [0.717, 1.165) is 46.4 Å². The number of benzene rings is 2. The molecule has 0 atom stereocenters. The number of carbonyl (C=O) groups is 1. The van der Waals surface area contributed by atoms with Crippen molar-refractivity contribution in [1.29, 1.82) is 0 Å². The maximum Gasteiger partial charge on any atom is 0.234 e. The molecule has 3 aromatic rings. The molecule has 6 nitrogen and oxygen atoms in total. The van der Waals surface area contributed by atoms with Crippen LogP contribution >= 0.6 is 35.0 Å². The molecule has 0 saturated heterocycles. The van der Waals surface area contributed by atoms with Gasteiger partial charge in [-0.3, -0.25) is 9.36 Å². The van der Waals surface area contributed by atoms with Crippen molar-refractivity contribution in [2.24, 2.45) is 0 Å². The molecule has 1 heterocycles. The molecule has 1 amide bonds. The quantitative estimate of drug-likeness (QED) is 0.324. The highest BCUT2D eigenvalue weighted by Gasteiger charge is 2.24. The normalized spacial score (nSPS) is 14.2. The van der Waals surface area contributed by atoms with Crippen LogP contribution in [0.5, 0.6) is 5.75 Å². The van der Waals surface area contributed by atoms with Crippen LogP contribution < -0.4 is 10.1 Å². The number of nitrogens with one attached hydrogen (secondary N) is 1. The van der Waals surface area contributed by atoms with E-state index in [9.17, 15) is 4.79 Å². The van der Waals surface area contributed by atoms with E-state index in [-0.39, 0.29) is 11.7 Å². The molecular weight excluding hydrogens is 491 g/mol. The average Bonchev–Trinajstić information content (AvgIpc) is 3.23. The largest absolute Gasteiger partial charge is 0.486 e. The highest BCUT2D eigenvalue weighted by atomic mass is 35.5. The van der Waals surface area contributed by atoms with E-state index in [1.54, 1.807) is 6.07 Å². The van der Waals surface area contributed by atoms with Crippen LogP contribution in [-0.4, -0.2) is 26.4 Å². The van der Waals surface area contributed by atoms with Gasteiger partial charge in [0.25, 0.3) is 0 Å². The number of hydrogen-bond donors (Lipinski definition) is 1. The lowest BCUT2D eigenvalue weighted by Crippen LogP contribution is -2.19. The molecule has 180 valence electrons. The van der Waals surface area contributed by atoms with Crippen molar-refractivity contribution >= 4 is 46.6 Å². The highest BCUT2D eigenvalue weighted by Crippen LogP contribution is 2.33. The van der Waals surface area contributed by atoms with E-state index < -0.39 is 0 Å². The van der Waals surface area contributed by atoms with Gasteiger partial charge >= 0.3 is 0 Å². The third-order valence-electron chi connectivity index (χ3n) is 5.97. The Hall–Kier alpha value is -2.22. The first-order chi connectivity index (χ1) is 16.4. The van der Waals surface area contributed by atoms with Gasteiger partial charge in [-0.2, -0.15) is 0 Å². The van der Waals surface area contributed by atoms with Crippen LogP contribution in [0.4, 0.5) is 5.69 Å². The fourth-order valence-corrected chi connectivity index (χ4v) is 5.32. The molecule has 0 radical (unpaired) electrons. The second-order valence-electron chi connectivity index (χ2n) is 8.56. The van der Waals surface area contributed by atoms with Gasteiger partial charge in [-0.05, 0) is 74.2 Å². The predicted molar refractivity (Wildman–Crippen MR) is 138 cm³/mol. The van der Waals surface area contributed by atoms with E-state index in [1.165, 1.54) is 31.0 Å². The summed E-state index contributed by atoms with van der Waals surface area (Å²) in [5.74, 6) is 1.66. The standard InChI is InChI=1S/C25H28Cl2N4O2S/c1-16-13-20(9-10-21(16)27)33-14-23-29-30-25(31(23)19-6-4-3-5-7-19)34-15-24(32)28-22-11-8-18(26)12-17(22)2/h8-13,19H,3-7,14-15H2,1-2H3,(H,28,32). The number of hydrogen-bond acceptors (Lipinski definition) is 5. The van der Waals surface area contributed by atoms with Gasteiger partial charge in [0.15, 0.2) is 11.0 Å². The second-order valence-corrected chi connectivity index (χ2v) is 10.3. The minimum absolute atomic E-state index is 0.0944. The molecule has 1 saturated carbocycles. The molecule has 0 unspecified atom stereocenters. The molecule has 1 aromatic heterocycles. The fraction of sp³-hybridized carbons (Fsp3) is 0.400. The Labute approximate surface area is 214 Å². The van der Waals surface area contributed by atoms with Crippen molar-refractivity contribution in [2.45, 2.75) is 63.8 Å². The van der Waals surface area contributed by atoms with Gasteiger partial charge in [-0.1, -0.05) is 54.2 Å². The smallest absolute Gasteiger partial charge is 0.234 e. The first-order valence-corrected chi connectivity index (χ1v) is 13.2. The van der Waals surface area contributed by atoms with Crippen LogP contribution in [0.2, 0.25) is 10.0 Å². The zero-order valence-corrected chi connectivity index (χ0v) is 21.6. The van der Waals surface area contributed by atoms with Crippen LogP contribution in [0.25, 0.3) is 0 Å². The van der Waals surface area contributed by atoms with Crippen LogP contribution in [0.15, 0.2) is 41.6 Å². The average molecular weight is 519 g/mol. The highest BCUT2D eigenvalue weighted by molar-refractivity contribution is 7.99. The van der Waals surface area contributed by atoms with Gasteiger partial charge in [-0.15, -0.1) is 10.2 Å². The summed E-state index contributed by atoms with van der Waals surface area (Å²) in [4.78, 5) is 12.6. The van der Waals surface area contributed by atoms with Crippen molar-refractivity contribution in [3.63, 3.8) is 0 Å². The topological polar surface area (TPSA) is 69.0 Å². The summed E-state index contributed by atoms with van der Waals surface area (Å²) in [7, 11) is 0. The van der Waals surface area contributed by atoms with E-state index >= 15 is 0 Å². The molecule has 1 aliphatic carbocycles. The van der Waals surface area contributed by atoms with E-state index in [4.69, 9.17) is 27.9 Å². The van der Waals surface area contributed by atoms with Crippen molar-refractivity contribution in [3.8, 4) is 5.75 Å². The fourth-order valence-electron chi connectivity index (χ4n) is 4.15. The number of amides is 1. The van der Waals surface area contributed by atoms with Crippen LogP contribution in [0, 0.1) is 13.8 Å². The molecule has 4 rings (SSSR count). The molecule has 1 N–H and O–H groups in total. The Kier molecular flexibility index (Phi) is 8.40. The van der Waals surface area contributed by atoms with Gasteiger partial charge in [0.2, 0.25) is 5.91 Å². The van der Waals surface area contributed by atoms with Crippen molar-refractivity contribution in [1.82, 2.24) is 14.8 Å². The lowest BCUT2D eigenvalue weighted by Gasteiger charge is -2.25. The zero-order chi connectivity index (χ0) is 24.1. The maximum atomic E-state index is 12.6. The number of halogens is 2. The first kappa shape index (κ1) is 24.9. The van der Waals surface area contributed by atoms with E-state index in [2.05, 4.69) is 20.1 Å². The molecule has 0 aliphatic heterocycles. The number of aryl methyl sites for hydroxylation is 2. The Morgan fingerprint density at radius 3 is 2.62 bits per heavy atom. The Morgan fingerprint density at radius 1 is 1.09 bits per heavy atom. The second kappa shape index (κ2) is 11.5. The van der Waals surface area contributed by atoms with Gasteiger partial charge in [0.05, 0.1) is 5.75 Å². The number of nitrogens with zero attached hydrogens (tertiary/aromatic N) is 3. The number of rotatable bonds is 8. The number of aromatic nitrogens is 3. The predicted octanol–water partition coefficient (Wildman–Crippen LogP) is 7.02. The summed E-state index contributed by atoms with van der Waals surface area (Å²) in [6.45, 7) is 4.18.